The van der Waals surface area contributed by atoms with Crippen molar-refractivity contribution < 1.29 is 4.79 Å². The van der Waals surface area contributed by atoms with E-state index in [4.69, 9.17) is 4.98 Å². The molecule has 21 heavy (non-hydrogen) atoms. The quantitative estimate of drug-likeness (QED) is 0.917. The molecule has 1 amide bonds. The van der Waals surface area contributed by atoms with Crippen LogP contribution in [-0.2, 0) is 11.2 Å². The second-order valence-corrected chi connectivity index (χ2v) is 6.67. The van der Waals surface area contributed by atoms with Gasteiger partial charge in [-0.2, -0.15) is 0 Å². The first-order valence-electron chi connectivity index (χ1n) is 8.28. The summed E-state index contributed by atoms with van der Waals surface area (Å²) in [4.78, 5) is 20.6. The number of aromatic nitrogens is 2. The third-order valence-electron chi connectivity index (χ3n) is 5.04. The van der Waals surface area contributed by atoms with E-state index in [9.17, 15) is 4.79 Å². The van der Waals surface area contributed by atoms with Crippen molar-refractivity contribution in [2.45, 2.75) is 71.1 Å². The van der Waals surface area contributed by atoms with E-state index in [0.29, 0.717) is 23.7 Å². The highest BCUT2D eigenvalue weighted by Gasteiger charge is 2.38. The van der Waals surface area contributed by atoms with E-state index in [1.165, 1.54) is 56.0 Å². The SMILES string of the molecule is CCCCC1c2nc(NC(C)=O)nc3c2C(CC3)CC1C. The summed E-state index contributed by atoms with van der Waals surface area (Å²) in [6, 6.07) is 0. The fourth-order valence-corrected chi connectivity index (χ4v) is 4.09. The molecule has 0 saturated carbocycles. The predicted octanol–water partition coefficient (Wildman–Crippen LogP) is 3.78. The summed E-state index contributed by atoms with van der Waals surface area (Å²) in [5, 5.41) is 2.78. The van der Waals surface area contributed by atoms with Gasteiger partial charge < -0.3 is 0 Å². The number of unbranched alkanes of at least 4 members (excludes halogenated alkanes) is 1. The smallest absolute Gasteiger partial charge is 0.229 e. The van der Waals surface area contributed by atoms with Gasteiger partial charge in [0.2, 0.25) is 11.9 Å². The molecule has 0 saturated heterocycles. The molecule has 0 fully saturated rings. The van der Waals surface area contributed by atoms with E-state index in [-0.39, 0.29) is 5.91 Å². The van der Waals surface area contributed by atoms with Gasteiger partial charge in [-0.25, -0.2) is 9.97 Å². The molecular weight excluding hydrogens is 262 g/mol. The van der Waals surface area contributed by atoms with Gasteiger partial charge in [-0.1, -0.05) is 26.7 Å². The zero-order valence-electron chi connectivity index (χ0n) is 13.3. The number of hydrogen-bond acceptors (Lipinski definition) is 3. The van der Waals surface area contributed by atoms with Crippen molar-refractivity contribution in [1.29, 1.82) is 0 Å². The zero-order valence-corrected chi connectivity index (χ0v) is 13.3. The molecule has 1 heterocycles. The monoisotopic (exact) mass is 287 g/mol. The maximum atomic E-state index is 11.3. The van der Waals surface area contributed by atoms with E-state index in [1.54, 1.807) is 0 Å². The van der Waals surface area contributed by atoms with E-state index in [2.05, 4.69) is 24.1 Å². The van der Waals surface area contributed by atoms with Crippen LogP contribution >= 0.6 is 0 Å². The van der Waals surface area contributed by atoms with E-state index in [0.717, 1.165) is 6.42 Å². The topological polar surface area (TPSA) is 54.9 Å². The molecule has 0 aromatic carbocycles. The van der Waals surface area contributed by atoms with Crippen LogP contribution in [0.25, 0.3) is 0 Å². The van der Waals surface area contributed by atoms with Crippen LogP contribution in [0.3, 0.4) is 0 Å². The molecule has 1 aromatic heterocycles. The highest BCUT2D eigenvalue weighted by atomic mass is 16.1. The molecule has 2 aliphatic carbocycles. The lowest BCUT2D eigenvalue weighted by Gasteiger charge is -2.34. The summed E-state index contributed by atoms with van der Waals surface area (Å²) >= 11 is 0. The largest absolute Gasteiger partial charge is 0.295 e. The van der Waals surface area contributed by atoms with Crippen LogP contribution in [0.15, 0.2) is 0 Å². The van der Waals surface area contributed by atoms with Crippen molar-refractivity contribution in [3.63, 3.8) is 0 Å². The van der Waals surface area contributed by atoms with Crippen LogP contribution in [0, 0.1) is 5.92 Å². The molecule has 4 nitrogen and oxygen atoms in total. The minimum atomic E-state index is -0.0920. The summed E-state index contributed by atoms with van der Waals surface area (Å²) in [6.45, 7) is 6.12. The highest BCUT2D eigenvalue weighted by Crippen LogP contribution is 2.49. The van der Waals surface area contributed by atoms with Crippen molar-refractivity contribution in [2.75, 3.05) is 5.32 Å². The zero-order chi connectivity index (χ0) is 15.0. The molecule has 2 aliphatic rings. The lowest BCUT2D eigenvalue weighted by Crippen LogP contribution is -2.24. The van der Waals surface area contributed by atoms with Gasteiger partial charge in [-0.05, 0) is 43.1 Å². The fourth-order valence-electron chi connectivity index (χ4n) is 4.09. The number of nitrogens with zero attached hydrogens (tertiary/aromatic N) is 2. The lowest BCUT2D eigenvalue weighted by molar-refractivity contribution is -0.114. The molecular formula is C17H25N3O. The van der Waals surface area contributed by atoms with Gasteiger partial charge in [0.15, 0.2) is 0 Å². The third kappa shape index (κ3) is 2.68. The summed E-state index contributed by atoms with van der Waals surface area (Å²) in [6.07, 6.45) is 7.18. The summed E-state index contributed by atoms with van der Waals surface area (Å²) in [7, 11) is 0. The van der Waals surface area contributed by atoms with Gasteiger partial charge in [0.05, 0.1) is 5.69 Å². The molecule has 0 bridgehead atoms. The van der Waals surface area contributed by atoms with Gasteiger partial charge >= 0.3 is 0 Å². The maximum absolute atomic E-state index is 11.3. The first kappa shape index (κ1) is 14.5. The number of aryl methyl sites for hydroxylation is 1. The van der Waals surface area contributed by atoms with E-state index >= 15 is 0 Å². The maximum Gasteiger partial charge on any atom is 0.229 e. The Balaban J connectivity index is 2.01. The van der Waals surface area contributed by atoms with Crippen LogP contribution in [0.4, 0.5) is 5.95 Å². The van der Waals surface area contributed by atoms with Gasteiger partial charge in [0, 0.05) is 18.5 Å². The van der Waals surface area contributed by atoms with Crippen molar-refractivity contribution in [1.82, 2.24) is 9.97 Å². The number of amides is 1. The van der Waals surface area contributed by atoms with E-state index < -0.39 is 0 Å². The van der Waals surface area contributed by atoms with Crippen molar-refractivity contribution in [3.05, 3.63) is 17.0 Å². The van der Waals surface area contributed by atoms with Crippen molar-refractivity contribution in [2.24, 2.45) is 5.92 Å². The third-order valence-corrected chi connectivity index (χ3v) is 5.04. The van der Waals surface area contributed by atoms with Crippen molar-refractivity contribution in [3.8, 4) is 0 Å². The average molecular weight is 287 g/mol. The van der Waals surface area contributed by atoms with E-state index in [1.807, 2.05) is 0 Å². The first-order valence-corrected chi connectivity index (χ1v) is 8.28. The average Bonchev–Trinajstić information content (AvgIpc) is 2.81. The van der Waals surface area contributed by atoms with Crippen LogP contribution < -0.4 is 5.32 Å². The fraction of sp³-hybridized carbons (Fsp3) is 0.706. The Hall–Kier alpha value is -1.45. The molecule has 0 aliphatic heterocycles. The highest BCUT2D eigenvalue weighted by molar-refractivity contribution is 5.86. The summed E-state index contributed by atoms with van der Waals surface area (Å²) < 4.78 is 0. The predicted molar refractivity (Wildman–Crippen MR) is 83.4 cm³/mol. The van der Waals surface area contributed by atoms with Crippen molar-refractivity contribution >= 4 is 11.9 Å². The van der Waals surface area contributed by atoms with Crippen LogP contribution in [0.5, 0.6) is 0 Å². The molecule has 114 valence electrons. The molecule has 0 spiro atoms. The molecule has 0 radical (unpaired) electrons. The number of carbonyl (C=O) groups is 1. The minimum Gasteiger partial charge on any atom is -0.295 e. The Morgan fingerprint density at radius 3 is 2.90 bits per heavy atom. The molecule has 4 heteroatoms. The second-order valence-electron chi connectivity index (χ2n) is 6.67. The second kappa shape index (κ2) is 5.74. The summed E-state index contributed by atoms with van der Waals surface area (Å²) in [5.74, 6) is 2.27. The number of rotatable bonds is 4. The Bertz CT molecular complexity index is 555. The van der Waals surface area contributed by atoms with Gasteiger partial charge in [0.25, 0.3) is 0 Å². The normalized spacial score (nSPS) is 26.5. The number of anilines is 1. The van der Waals surface area contributed by atoms with Gasteiger partial charge in [-0.3, -0.25) is 10.1 Å². The molecule has 3 rings (SSSR count). The summed E-state index contributed by atoms with van der Waals surface area (Å²) in [5.41, 5.74) is 3.84. The first-order chi connectivity index (χ1) is 10.1. The van der Waals surface area contributed by atoms with Crippen LogP contribution in [0.1, 0.15) is 81.7 Å². The molecule has 1 aromatic rings. The molecule has 3 unspecified atom stereocenters. The van der Waals surface area contributed by atoms with Crippen LogP contribution in [0.2, 0.25) is 0 Å². The number of carbonyl (C=O) groups excluding carboxylic acids is 1. The Kier molecular flexibility index (Phi) is 3.96. The Labute approximate surface area is 126 Å². The lowest BCUT2D eigenvalue weighted by atomic mass is 9.72. The Morgan fingerprint density at radius 1 is 1.38 bits per heavy atom. The number of hydrogen-bond donors (Lipinski definition) is 1. The van der Waals surface area contributed by atoms with Gasteiger partial charge in [-0.15, -0.1) is 0 Å². The standard InChI is InChI=1S/C17H25N3O/c1-4-5-6-13-10(2)9-12-7-8-14-15(12)16(13)20-17(19-14)18-11(3)21/h10,12-13H,4-9H2,1-3H3,(H,18,19,20,21). The Morgan fingerprint density at radius 2 is 2.19 bits per heavy atom. The molecule has 3 atom stereocenters. The minimum absolute atomic E-state index is 0.0920. The van der Waals surface area contributed by atoms with Crippen LogP contribution in [-0.4, -0.2) is 15.9 Å². The number of nitrogens with one attached hydrogen (secondary N) is 1. The molecule has 1 N–H and O–H groups in total. The van der Waals surface area contributed by atoms with Gasteiger partial charge in [0.1, 0.15) is 0 Å².